The number of pyridine rings is 1. The summed E-state index contributed by atoms with van der Waals surface area (Å²) in [6.45, 7) is 4.70. The van der Waals surface area contributed by atoms with Crippen molar-refractivity contribution in [1.82, 2.24) is 10.4 Å². The number of carbonyl (C=O) groups is 1. The summed E-state index contributed by atoms with van der Waals surface area (Å²) in [6, 6.07) is 20.8. The first-order chi connectivity index (χ1) is 18.0. The summed E-state index contributed by atoms with van der Waals surface area (Å²) in [5.74, 6) is 1.79. The highest BCUT2D eigenvalue weighted by molar-refractivity contribution is 6.07. The predicted molar refractivity (Wildman–Crippen MR) is 147 cm³/mol. The first-order valence-corrected chi connectivity index (χ1v) is 12.2. The van der Waals surface area contributed by atoms with E-state index in [-0.39, 0.29) is 5.91 Å². The van der Waals surface area contributed by atoms with Gasteiger partial charge in [-0.25, -0.2) is 10.4 Å². The number of carbonyl (C=O) groups excluding carboxylic acids is 1. The van der Waals surface area contributed by atoms with Crippen LogP contribution in [-0.4, -0.2) is 37.9 Å². The lowest BCUT2D eigenvalue weighted by Crippen LogP contribution is -2.18. The molecule has 4 aromatic rings. The standard InChI is InChI=1S/C30H31N3O4/c1-5-6-16-37-23-11-9-10-21(17-23)27-18-25(24-12-7-8-13-26(24)32-27)30(34)33-31-19-22-14-15-28(35-3)20(2)29(22)36-4/h7-15,17-19H,5-6,16H2,1-4H3,(H,33,34)/b31-19+. The summed E-state index contributed by atoms with van der Waals surface area (Å²) in [5, 5.41) is 4.95. The van der Waals surface area contributed by atoms with Gasteiger partial charge in [-0.05, 0) is 49.7 Å². The number of para-hydroxylation sites is 1. The highest BCUT2D eigenvalue weighted by atomic mass is 16.5. The lowest BCUT2D eigenvalue weighted by Gasteiger charge is -2.12. The number of hydrogen-bond donors (Lipinski definition) is 1. The molecule has 4 rings (SSSR count). The van der Waals surface area contributed by atoms with Crippen molar-refractivity contribution in [2.75, 3.05) is 20.8 Å². The fourth-order valence-corrected chi connectivity index (χ4v) is 4.10. The number of ether oxygens (including phenoxy) is 3. The van der Waals surface area contributed by atoms with Crippen molar-refractivity contribution in [2.24, 2.45) is 5.10 Å². The van der Waals surface area contributed by atoms with Gasteiger partial charge < -0.3 is 14.2 Å². The number of methoxy groups -OCH3 is 2. The highest BCUT2D eigenvalue weighted by Crippen LogP contribution is 2.30. The fourth-order valence-electron chi connectivity index (χ4n) is 4.10. The second-order valence-electron chi connectivity index (χ2n) is 8.52. The van der Waals surface area contributed by atoms with Crippen molar-refractivity contribution in [3.63, 3.8) is 0 Å². The van der Waals surface area contributed by atoms with Crippen LogP contribution in [-0.2, 0) is 0 Å². The Kier molecular flexibility index (Phi) is 8.36. The van der Waals surface area contributed by atoms with E-state index >= 15 is 0 Å². The average Bonchev–Trinajstić information content (AvgIpc) is 2.93. The highest BCUT2D eigenvalue weighted by Gasteiger charge is 2.15. The Bertz CT molecular complexity index is 1430. The Labute approximate surface area is 217 Å². The van der Waals surface area contributed by atoms with Crippen molar-refractivity contribution in [3.05, 3.63) is 83.4 Å². The third kappa shape index (κ3) is 5.89. The number of nitrogens with one attached hydrogen (secondary N) is 1. The van der Waals surface area contributed by atoms with Crippen LogP contribution in [0.25, 0.3) is 22.2 Å². The van der Waals surface area contributed by atoms with Crippen molar-refractivity contribution >= 4 is 23.0 Å². The zero-order valence-electron chi connectivity index (χ0n) is 21.6. The van der Waals surface area contributed by atoms with Crippen LogP contribution in [0.1, 0.15) is 41.3 Å². The van der Waals surface area contributed by atoms with Gasteiger partial charge in [0.2, 0.25) is 0 Å². The molecule has 0 radical (unpaired) electrons. The van der Waals surface area contributed by atoms with Crippen molar-refractivity contribution in [2.45, 2.75) is 26.7 Å². The molecule has 1 aromatic heterocycles. The van der Waals surface area contributed by atoms with Gasteiger partial charge in [-0.1, -0.05) is 43.7 Å². The minimum absolute atomic E-state index is 0.337. The molecule has 1 N–H and O–H groups in total. The van der Waals surface area contributed by atoms with Gasteiger partial charge >= 0.3 is 0 Å². The fraction of sp³-hybridized carbons (Fsp3) is 0.233. The summed E-state index contributed by atoms with van der Waals surface area (Å²) in [6.07, 6.45) is 3.62. The van der Waals surface area contributed by atoms with E-state index in [2.05, 4.69) is 17.5 Å². The number of hydrogen-bond acceptors (Lipinski definition) is 6. The van der Waals surface area contributed by atoms with Gasteiger partial charge in [-0.3, -0.25) is 4.79 Å². The lowest BCUT2D eigenvalue weighted by atomic mass is 10.0. The van der Waals surface area contributed by atoms with Gasteiger partial charge in [0.25, 0.3) is 5.91 Å². The van der Waals surface area contributed by atoms with Crippen LogP contribution >= 0.6 is 0 Å². The molecule has 1 heterocycles. The minimum Gasteiger partial charge on any atom is -0.496 e. The molecule has 0 atom stereocenters. The molecule has 190 valence electrons. The predicted octanol–water partition coefficient (Wildman–Crippen LogP) is 6.17. The largest absolute Gasteiger partial charge is 0.496 e. The van der Waals surface area contributed by atoms with E-state index in [0.717, 1.165) is 46.2 Å². The number of amides is 1. The maximum atomic E-state index is 13.3. The monoisotopic (exact) mass is 497 g/mol. The Morgan fingerprint density at radius 1 is 1.03 bits per heavy atom. The third-order valence-electron chi connectivity index (χ3n) is 6.04. The SMILES string of the molecule is CCCCOc1cccc(-c2cc(C(=O)N/N=C/c3ccc(OC)c(C)c3OC)c3ccccc3n2)c1. The van der Waals surface area contributed by atoms with Crippen LogP contribution in [0.2, 0.25) is 0 Å². The van der Waals surface area contributed by atoms with Crippen LogP contribution in [0.3, 0.4) is 0 Å². The van der Waals surface area contributed by atoms with Crippen LogP contribution < -0.4 is 19.6 Å². The quantitative estimate of drug-likeness (QED) is 0.161. The summed E-state index contributed by atoms with van der Waals surface area (Å²) in [4.78, 5) is 18.1. The van der Waals surface area contributed by atoms with Crippen molar-refractivity contribution < 1.29 is 19.0 Å². The van der Waals surface area contributed by atoms with E-state index in [4.69, 9.17) is 19.2 Å². The molecule has 0 fully saturated rings. The molecule has 7 nitrogen and oxygen atoms in total. The second-order valence-corrected chi connectivity index (χ2v) is 8.52. The maximum absolute atomic E-state index is 13.3. The number of fused-ring (bicyclic) bond motifs is 1. The molecule has 7 heteroatoms. The molecule has 3 aromatic carbocycles. The van der Waals surface area contributed by atoms with Gasteiger partial charge in [0.15, 0.2) is 0 Å². The molecule has 0 aliphatic carbocycles. The third-order valence-corrected chi connectivity index (χ3v) is 6.04. The zero-order chi connectivity index (χ0) is 26.2. The Morgan fingerprint density at radius 2 is 1.86 bits per heavy atom. The summed E-state index contributed by atoms with van der Waals surface area (Å²) < 4.78 is 16.7. The maximum Gasteiger partial charge on any atom is 0.272 e. The molecule has 0 saturated carbocycles. The molecule has 0 aliphatic rings. The van der Waals surface area contributed by atoms with E-state index in [0.29, 0.717) is 29.4 Å². The summed E-state index contributed by atoms with van der Waals surface area (Å²) >= 11 is 0. The first kappa shape index (κ1) is 25.7. The van der Waals surface area contributed by atoms with E-state index in [1.165, 1.54) is 0 Å². The molecular weight excluding hydrogens is 466 g/mol. The zero-order valence-corrected chi connectivity index (χ0v) is 21.6. The topological polar surface area (TPSA) is 82.0 Å². The van der Waals surface area contributed by atoms with E-state index < -0.39 is 0 Å². The smallest absolute Gasteiger partial charge is 0.272 e. The molecule has 1 amide bonds. The van der Waals surface area contributed by atoms with Crippen LogP contribution in [0.4, 0.5) is 0 Å². The Hall–Kier alpha value is -4.39. The number of rotatable bonds is 10. The molecule has 37 heavy (non-hydrogen) atoms. The molecule has 0 aliphatic heterocycles. The van der Waals surface area contributed by atoms with Crippen LogP contribution in [0, 0.1) is 6.92 Å². The van der Waals surface area contributed by atoms with E-state index in [1.54, 1.807) is 26.5 Å². The summed E-state index contributed by atoms with van der Waals surface area (Å²) in [7, 11) is 3.20. The van der Waals surface area contributed by atoms with Crippen molar-refractivity contribution in [1.29, 1.82) is 0 Å². The second kappa shape index (κ2) is 12.0. The summed E-state index contributed by atoms with van der Waals surface area (Å²) in [5.41, 5.74) is 6.98. The molecule has 0 unspecified atom stereocenters. The molecule has 0 saturated heterocycles. The van der Waals surface area contributed by atoms with Crippen LogP contribution in [0.5, 0.6) is 17.2 Å². The van der Waals surface area contributed by atoms with E-state index in [1.807, 2.05) is 67.6 Å². The molecular formula is C30H31N3O4. The number of unbranched alkanes of at least 4 members (excludes halogenated alkanes) is 1. The van der Waals surface area contributed by atoms with Crippen molar-refractivity contribution in [3.8, 4) is 28.5 Å². The van der Waals surface area contributed by atoms with E-state index in [9.17, 15) is 4.79 Å². The average molecular weight is 498 g/mol. The normalized spacial score (nSPS) is 11.0. The van der Waals surface area contributed by atoms with Crippen LogP contribution in [0.15, 0.2) is 71.8 Å². The van der Waals surface area contributed by atoms with Gasteiger partial charge in [-0.15, -0.1) is 0 Å². The number of aromatic nitrogens is 1. The lowest BCUT2D eigenvalue weighted by molar-refractivity contribution is 0.0956. The number of hydrazone groups is 1. The number of nitrogens with zero attached hydrogens (tertiary/aromatic N) is 2. The molecule has 0 spiro atoms. The first-order valence-electron chi connectivity index (χ1n) is 12.2. The van der Waals surface area contributed by atoms with Gasteiger partial charge in [-0.2, -0.15) is 5.10 Å². The Morgan fingerprint density at radius 3 is 2.65 bits per heavy atom. The molecule has 0 bridgehead atoms. The minimum atomic E-state index is -0.337. The van der Waals surface area contributed by atoms with Gasteiger partial charge in [0.1, 0.15) is 17.2 Å². The number of benzene rings is 3. The Balaban J connectivity index is 1.63. The van der Waals surface area contributed by atoms with Gasteiger partial charge in [0, 0.05) is 22.1 Å². The van der Waals surface area contributed by atoms with Gasteiger partial charge in [0.05, 0.1) is 43.8 Å².